The molecule has 0 radical (unpaired) electrons. The Labute approximate surface area is 101 Å². The van der Waals surface area contributed by atoms with E-state index in [-0.39, 0.29) is 15.9 Å². The minimum atomic E-state index is -0.544. The average molecular weight is 289 g/mol. The van der Waals surface area contributed by atoms with Crippen LogP contribution in [0.25, 0.3) is 0 Å². The fourth-order valence-electron chi connectivity index (χ4n) is 2.15. The monoisotopic (exact) mass is 288 g/mol. The Morgan fingerprint density at radius 1 is 1.50 bits per heavy atom. The number of nitrogens with one attached hydrogen (secondary N) is 1. The Kier molecular flexibility index (Phi) is 3.03. The van der Waals surface area contributed by atoms with E-state index in [9.17, 15) is 9.90 Å². The maximum Gasteiger partial charge on any atom is 0.269 e. The smallest absolute Gasteiger partial charge is 0.269 e. The predicted octanol–water partition coefficient (Wildman–Crippen LogP) is 1.65. The zero-order valence-electron chi connectivity index (χ0n) is 8.92. The molecule has 2 rings (SSSR count). The number of aromatic hydroxyl groups is 1. The van der Waals surface area contributed by atoms with Gasteiger partial charge in [0.2, 0.25) is 5.88 Å². The van der Waals surface area contributed by atoms with Crippen molar-refractivity contribution in [2.75, 3.05) is 7.11 Å². The lowest BCUT2D eigenvalue weighted by Gasteiger charge is -2.25. The van der Waals surface area contributed by atoms with Crippen LogP contribution in [0, 0.1) is 0 Å². The highest BCUT2D eigenvalue weighted by atomic mass is 79.9. The first-order chi connectivity index (χ1) is 7.59. The Hall–Kier alpha value is -0.880. The second-order valence-corrected chi connectivity index (χ2v) is 4.75. The van der Waals surface area contributed by atoms with Gasteiger partial charge in [-0.05, 0) is 41.6 Å². The summed E-state index contributed by atoms with van der Waals surface area (Å²) >= 11 is 2.96. The third kappa shape index (κ3) is 1.76. The molecule has 1 saturated carbocycles. The van der Waals surface area contributed by atoms with Gasteiger partial charge in [0.1, 0.15) is 15.9 Å². The van der Waals surface area contributed by atoms with Crippen LogP contribution in [0.1, 0.15) is 31.5 Å². The number of aromatic nitrogens is 2. The van der Waals surface area contributed by atoms with Crippen LogP contribution in [-0.2, 0) is 10.3 Å². The van der Waals surface area contributed by atoms with Gasteiger partial charge in [-0.3, -0.25) is 4.79 Å². The summed E-state index contributed by atoms with van der Waals surface area (Å²) in [6.07, 6.45) is 3.70. The summed E-state index contributed by atoms with van der Waals surface area (Å²) in [5, 5.41) is 9.52. The van der Waals surface area contributed by atoms with E-state index in [0.717, 1.165) is 25.7 Å². The first-order valence-electron chi connectivity index (χ1n) is 5.13. The zero-order chi connectivity index (χ0) is 11.8. The van der Waals surface area contributed by atoms with Crippen LogP contribution in [0.15, 0.2) is 9.27 Å². The summed E-state index contributed by atoms with van der Waals surface area (Å²) in [6.45, 7) is 0. The van der Waals surface area contributed by atoms with E-state index in [1.807, 2.05) is 0 Å². The summed E-state index contributed by atoms with van der Waals surface area (Å²) < 4.78 is 5.53. The summed E-state index contributed by atoms with van der Waals surface area (Å²) in [5.74, 6) is 0.125. The van der Waals surface area contributed by atoms with Gasteiger partial charge < -0.3 is 14.8 Å². The Morgan fingerprint density at radius 3 is 2.62 bits per heavy atom. The highest BCUT2D eigenvalue weighted by molar-refractivity contribution is 9.10. The third-order valence-corrected chi connectivity index (χ3v) is 3.79. The van der Waals surface area contributed by atoms with Gasteiger partial charge in [-0.2, -0.15) is 4.98 Å². The van der Waals surface area contributed by atoms with E-state index < -0.39 is 5.60 Å². The van der Waals surface area contributed by atoms with Gasteiger partial charge >= 0.3 is 0 Å². The molecule has 0 atom stereocenters. The molecule has 1 aromatic rings. The van der Waals surface area contributed by atoms with Crippen LogP contribution in [0.2, 0.25) is 0 Å². The molecular weight excluding hydrogens is 276 g/mol. The predicted molar refractivity (Wildman–Crippen MR) is 61.4 cm³/mol. The van der Waals surface area contributed by atoms with E-state index in [0.29, 0.717) is 5.82 Å². The maximum atomic E-state index is 11.5. The number of methoxy groups -OCH3 is 1. The van der Waals surface area contributed by atoms with E-state index in [4.69, 9.17) is 4.74 Å². The number of nitrogens with zero attached hydrogens (tertiary/aromatic N) is 1. The number of aromatic amines is 1. The molecule has 0 aromatic carbocycles. The largest absolute Gasteiger partial charge is 0.492 e. The molecule has 5 nitrogen and oxygen atoms in total. The van der Waals surface area contributed by atoms with Crippen molar-refractivity contribution in [2.24, 2.45) is 0 Å². The molecule has 6 heteroatoms. The van der Waals surface area contributed by atoms with Crippen molar-refractivity contribution in [3.63, 3.8) is 0 Å². The van der Waals surface area contributed by atoms with Gasteiger partial charge in [-0.25, -0.2) is 0 Å². The van der Waals surface area contributed by atoms with Crippen molar-refractivity contribution >= 4 is 15.9 Å². The number of hydrogen-bond acceptors (Lipinski definition) is 4. The first kappa shape index (κ1) is 11.6. The Morgan fingerprint density at radius 2 is 2.12 bits per heavy atom. The van der Waals surface area contributed by atoms with Crippen LogP contribution in [0.5, 0.6) is 5.88 Å². The van der Waals surface area contributed by atoms with Crippen molar-refractivity contribution in [3.05, 3.63) is 20.7 Å². The molecular formula is C10H13BrN2O3. The highest BCUT2D eigenvalue weighted by Crippen LogP contribution is 2.40. The second-order valence-electron chi connectivity index (χ2n) is 3.96. The van der Waals surface area contributed by atoms with E-state index in [2.05, 4.69) is 25.9 Å². The second kappa shape index (κ2) is 4.18. The van der Waals surface area contributed by atoms with Gasteiger partial charge in [-0.1, -0.05) is 0 Å². The standard InChI is InChI=1S/C10H13BrN2O3/c1-16-10(4-2-3-5-10)9-12-7(14)6(11)8(15)13-9/h2-5H2,1H3,(H2,12,13,14,15). The molecule has 1 aliphatic carbocycles. The lowest BCUT2D eigenvalue weighted by Crippen LogP contribution is -2.30. The fourth-order valence-corrected chi connectivity index (χ4v) is 2.33. The van der Waals surface area contributed by atoms with Crippen molar-refractivity contribution in [2.45, 2.75) is 31.3 Å². The topological polar surface area (TPSA) is 75.2 Å². The zero-order valence-corrected chi connectivity index (χ0v) is 10.5. The SMILES string of the molecule is COC1(c2nc(O)c(Br)c(=O)[nH]2)CCCC1. The lowest BCUT2D eigenvalue weighted by atomic mass is 10.0. The molecule has 0 amide bonds. The quantitative estimate of drug-likeness (QED) is 0.868. The van der Waals surface area contributed by atoms with Crippen molar-refractivity contribution < 1.29 is 9.84 Å². The van der Waals surface area contributed by atoms with Crippen LogP contribution in [-0.4, -0.2) is 22.2 Å². The van der Waals surface area contributed by atoms with Crippen LogP contribution >= 0.6 is 15.9 Å². The molecule has 1 aliphatic rings. The average Bonchev–Trinajstić information content (AvgIpc) is 2.75. The third-order valence-electron chi connectivity index (χ3n) is 3.08. The molecule has 2 N–H and O–H groups in total. The van der Waals surface area contributed by atoms with Crippen LogP contribution in [0.3, 0.4) is 0 Å². The summed E-state index contributed by atoms with van der Waals surface area (Å²) in [5.41, 5.74) is -0.928. The Bertz CT molecular complexity index is 452. The van der Waals surface area contributed by atoms with Crippen molar-refractivity contribution in [1.82, 2.24) is 9.97 Å². The number of halogens is 1. The molecule has 0 saturated heterocycles. The van der Waals surface area contributed by atoms with Gasteiger partial charge in [-0.15, -0.1) is 0 Å². The number of ether oxygens (including phenoxy) is 1. The lowest BCUT2D eigenvalue weighted by molar-refractivity contribution is -0.0169. The molecule has 16 heavy (non-hydrogen) atoms. The summed E-state index contributed by atoms with van der Waals surface area (Å²) in [4.78, 5) is 18.2. The van der Waals surface area contributed by atoms with Gasteiger partial charge in [0, 0.05) is 7.11 Å². The molecule has 88 valence electrons. The fraction of sp³-hybridized carbons (Fsp3) is 0.600. The molecule has 0 spiro atoms. The van der Waals surface area contributed by atoms with Gasteiger partial charge in [0.25, 0.3) is 5.56 Å². The number of rotatable bonds is 2. The summed E-state index contributed by atoms with van der Waals surface area (Å²) in [6, 6.07) is 0. The first-order valence-corrected chi connectivity index (χ1v) is 5.93. The number of H-pyrrole nitrogens is 1. The summed E-state index contributed by atoms with van der Waals surface area (Å²) in [7, 11) is 1.60. The molecule has 1 fully saturated rings. The van der Waals surface area contributed by atoms with Crippen molar-refractivity contribution in [1.29, 1.82) is 0 Å². The van der Waals surface area contributed by atoms with E-state index >= 15 is 0 Å². The van der Waals surface area contributed by atoms with Gasteiger partial charge in [0.15, 0.2) is 0 Å². The minimum Gasteiger partial charge on any atom is -0.492 e. The van der Waals surface area contributed by atoms with E-state index in [1.165, 1.54) is 0 Å². The molecule has 0 aliphatic heterocycles. The van der Waals surface area contributed by atoms with Gasteiger partial charge in [0.05, 0.1) is 0 Å². The molecule has 0 bridgehead atoms. The Balaban J connectivity index is 2.51. The molecule has 1 aromatic heterocycles. The minimum absolute atomic E-state index is 0.0560. The van der Waals surface area contributed by atoms with Crippen molar-refractivity contribution in [3.8, 4) is 5.88 Å². The van der Waals surface area contributed by atoms with Crippen LogP contribution < -0.4 is 5.56 Å². The maximum absolute atomic E-state index is 11.5. The molecule has 0 unspecified atom stereocenters. The molecule has 1 heterocycles. The number of hydrogen-bond donors (Lipinski definition) is 2. The normalized spacial score (nSPS) is 18.9. The highest BCUT2D eigenvalue weighted by Gasteiger charge is 2.38. The van der Waals surface area contributed by atoms with Crippen LogP contribution in [0.4, 0.5) is 0 Å². The van der Waals surface area contributed by atoms with E-state index in [1.54, 1.807) is 7.11 Å².